The van der Waals surface area contributed by atoms with Crippen LogP contribution in [0.1, 0.15) is 34.1 Å². The highest BCUT2D eigenvalue weighted by atomic mass is 32.2. The molecule has 0 saturated heterocycles. The third kappa shape index (κ3) is 3.00. The van der Waals surface area contributed by atoms with E-state index in [0.29, 0.717) is 25.4 Å². The fourth-order valence-corrected chi connectivity index (χ4v) is 3.96. The minimum atomic E-state index is -3.52. The van der Waals surface area contributed by atoms with Gasteiger partial charge in [0.1, 0.15) is 4.90 Å². The maximum Gasteiger partial charge on any atom is 0.243 e. The number of hydrogen-bond acceptors (Lipinski definition) is 4. The number of hydrogen-bond donors (Lipinski definition) is 2. The molecule has 1 aliphatic carbocycles. The number of nitrogens with one attached hydrogen (secondary N) is 1. The zero-order chi connectivity index (χ0) is 15.9. The van der Waals surface area contributed by atoms with Crippen molar-refractivity contribution in [3.8, 4) is 0 Å². The first-order valence-corrected chi connectivity index (χ1v) is 8.74. The summed E-state index contributed by atoms with van der Waals surface area (Å²) in [6.45, 7) is 9.68. The molecule has 0 atom stereocenters. The number of aliphatic hydroxyl groups excluding tert-OH is 1. The van der Waals surface area contributed by atoms with E-state index in [4.69, 9.17) is 5.11 Å². The van der Waals surface area contributed by atoms with E-state index >= 15 is 0 Å². The van der Waals surface area contributed by atoms with Crippen LogP contribution in [0, 0.1) is 16.7 Å². The first-order chi connectivity index (χ1) is 9.63. The van der Waals surface area contributed by atoms with Crippen molar-refractivity contribution in [3.63, 3.8) is 0 Å². The number of rotatable bonds is 7. The summed E-state index contributed by atoms with van der Waals surface area (Å²) in [4.78, 5) is 0.178. The summed E-state index contributed by atoms with van der Waals surface area (Å²) >= 11 is 0. The molecule has 0 aliphatic heterocycles. The topological polar surface area (TPSA) is 84.2 Å². The van der Waals surface area contributed by atoms with Crippen molar-refractivity contribution in [2.75, 3.05) is 13.2 Å². The van der Waals surface area contributed by atoms with Crippen molar-refractivity contribution in [3.05, 3.63) is 12.4 Å². The Morgan fingerprint density at radius 1 is 1.33 bits per heavy atom. The summed E-state index contributed by atoms with van der Waals surface area (Å²) in [5, 5.41) is 12.8. The molecule has 0 radical (unpaired) electrons. The second kappa shape index (κ2) is 5.37. The molecule has 1 fully saturated rings. The van der Waals surface area contributed by atoms with Gasteiger partial charge in [-0.3, -0.25) is 4.68 Å². The predicted molar refractivity (Wildman–Crippen MR) is 80.2 cm³/mol. The molecular formula is C14H25N3O3S. The molecule has 0 aromatic carbocycles. The van der Waals surface area contributed by atoms with Crippen LogP contribution in [-0.4, -0.2) is 36.5 Å². The highest BCUT2D eigenvalue weighted by Gasteiger charge is 2.64. The fraction of sp³-hybridized carbons (Fsp3) is 0.786. The highest BCUT2D eigenvalue weighted by molar-refractivity contribution is 7.89. The Morgan fingerprint density at radius 3 is 2.48 bits per heavy atom. The van der Waals surface area contributed by atoms with E-state index in [9.17, 15) is 8.42 Å². The van der Waals surface area contributed by atoms with Crippen LogP contribution in [-0.2, 0) is 16.6 Å². The average Bonchev–Trinajstić information content (AvgIpc) is 2.76. The van der Waals surface area contributed by atoms with E-state index in [1.165, 1.54) is 17.1 Å². The first kappa shape index (κ1) is 16.5. The zero-order valence-electron chi connectivity index (χ0n) is 13.1. The van der Waals surface area contributed by atoms with E-state index in [1.807, 2.05) is 0 Å². The van der Waals surface area contributed by atoms with Crippen LogP contribution in [0.25, 0.3) is 0 Å². The van der Waals surface area contributed by atoms with E-state index in [2.05, 4.69) is 37.5 Å². The van der Waals surface area contributed by atoms with Crippen molar-refractivity contribution in [2.45, 2.75) is 45.6 Å². The molecule has 2 N–H and O–H groups in total. The first-order valence-electron chi connectivity index (χ1n) is 7.26. The molecule has 1 saturated carbocycles. The van der Waals surface area contributed by atoms with E-state index in [-0.39, 0.29) is 22.3 Å². The molecule has 120 valence electrons. The monoisotopic (exact) mass is 315 g/mol. The Hall–Kier alpha value is -0.920. The van der Waals surface area contributed by atoms with Gasteiger partial charge in [-0.2, -0.15) is 5.10 Å². The molecule has 6 nitrogen and oxygen atoms in total. The minimum absolute atomic E-state index is 0.0615. The lowest BCUT2D eigenvalue weighted by atomic mass is 10.0. The molecule has 0 bridgehead atoms. The van der Waals surface area contributed by atoms with Crippen LogP contribution in [0.5, 0.6) is 0 Å². The van der Waals surface area contributed by atoms with Gasteiger partial charge in [-0.25, -0.2) is 13.1 Å². The summed E-state index contributed by atoms with van der Waals surface area (Å²) in [5.41, 5.74) is 0.307. The Balaban J connectivity index is 1.98. The summed E-state index contributed by atoms with van der Waals surface area (Å²) in [5.74, 6) is 0.337. The SMILES string of the molecule is CC1(C)C(CNS(=O)(=O)c2cnn(CCCO)c2)C1(C)C. The summed E-state index contributed by atoms with van der Waals surface area (Å²) in [6, 6.07) is 0. The molecule has 21 heavy (non-hydrogen) atoms. The van der Waals surface area contributed by atoms with Crippen LogP contribution in [0.15, 0.2) is 17.3 Å². The number of sulfonamides is 1. The van der Waals surface area contributed by atoms with Crippen molar-refractivity contribution >= 4 is 10.0 Å². The van der Waals surface area contributed by atoms with Gasteiger partial charge in [0.05, 0.1) is 6.20 Å². The van der Waals surface area contributed by atoms with Gasteiger partial charge < -0.3 is 5.11 Å². The average molecular weight is 315 g/mol. The molecule has 1 aromatic rings. The molecule has 1 heterocycles. The lowest BCUT2D eigenvalue weighted by Crippen LogP contribution is -2.27. The summed E-state index contributed by atoms with van der Waals surface area (Å²) in [7, 11) is -3.52. The standard InChI is InChI=1S/C14H25N3O3S/c1-13(2)12(14(13,3)4)9-16-21(19,20)11-8-15-17(10-11)6-5-7-18/h8,10,12,16,18H,5-7,9H2,1-4H3. The Labute approximate surface area is 126 Å². The van der Waals surface area contributed by atoms with E-state index < -0.39 is 10.0 Å². The molecule has 2 rings (SSSR count). The third-order valence-electron chi connectivity index (χ3n) is 5.26. The smallest absolute Gasteiger partial charge is 0.243 e. The van der Waals surface area contributed by atoms with Gasteiger partial charge in [-0.15, -0.1) is 0 Å². The lowest BCUT2D eigenvalue weighted by molar-refractivity contribution is 0.277. The van der Waals surface area contributed by atoms with Crippen molar-refractivity contribution in [1.82, 2.24) is 14.5 Å². The van der Waals surface area contributed by atoms with Gasteiger partial charge in [0, 0.05) is 25.9 Å². The highest BCUT2D eigenvalue weighted by Crippen LogP contribution is 2.67. The van der Waals surface area contributed by atoms with E-state index in [0.717, 1.165) is 0 Å². The normalized spacial score (nSPS) is 20.6. The maximum absolute atomic E-state index is 12.3. The van der Waals surface area contributed by atoms with Gasteiger partial charge in [0.15, 0.2) is 0 Å². The second-order valence-electron chi connectivity index (χ2n) is 6.86. The van der Waals surface area contributed by atoms with Crippen LogP contribution >= 0.6 is 0 Å². The van der Waals surface area contributed by atoms with Gasteiger partial charge in [0.2, 0.25) is 10.0 Å². The Bertz CT molecular complexity index is 591. The third-order valence-corrected chi connectivity index (χ3v) is 6.64. The van der Waals surface area contributed by atoms with Gasteiger partial charge in [-0.1, -0.05) is 27.7 Å². The minimum Gasteiger partial charge on any atom is -0.396 e. The Morgan fingerprint density at radius 2 is 1.95 bits per heavy atom. The lowest BCUT2D eigenvalue weighted by Gasteiger charge is -2.05. The van der Waals surface area contributed by atoms with Gasteiger partial charge in [-0.05, 0) is 23.2 Å². The van der Waals surface area contributed by atoms with Crippen molar-refractivity contribution in [2.24, 2.45) is 16.7 Å². The molecule has 0 unspecified atom stereocenters. The van der Waals surface area contributed by atoms with Crippen LogP contribution in [0.3, 0.4) is 0 Å². The summed E-state index contributed by atoms with van der Waals surface area (Å²) in [6.07, 6.45) is 3.41. The molecule has 1 aromatic heterocycles. The number of nitrogens with zero attached hydrogens (tertiary/aromatic N) is 2. The number of aryl methyl sites for hydroxylation is 1. The molecule has 7 heteroatoms. The molecular weight excluding hydrogens is 290 g/mol. The molecule has 0 spiro atoms. The zero-order valence-corrected chi connectivity index (χ0v) is 13.9. The maximum atomic E-state index is 12.3. The van der Waals surface area contributed by atoms with Crippen LogP contribution in [0.2, 0.25) is 0 Å². The number of aliphatic hydroxyl groups is 1. The van der Waals surface area contributed by atoms with Crippen LogP contribution in [0.4, 0.5) is 0 Å². The largest absolute Gasteiger partial charge is 0.396 e. The Kier molecular flexibility index (Phi) is 4.21. The van der Waals surface area contributed by atoms with Crippen LogP contribution < -0.4 is 4.72 Å². The van der Waals surface area contributed by atoms with Gasteiger partial charge in [0.25, 0.3) is 0 Å². The second-order valence-corrected chi connectivity index (χ2v) is 8.63. The summed E-state index contributed by atoms with van der Waals surface area (Å²) < 4.78 is 28.7. The van der Waals surface area contributed by atoms with Crippen molar-refractivity contribution < 1.29 is 13.5 Å². The quantitative estimate of drug-likeness (QED) is 0.792. The fourth-order valence-electron chi connectivity index (χ4n) is 2.96. The molecule has 1 aliphatic rings. The van der Waals surface area contributed by atoms with Gasteiger partial charge >= 0.3 is 0 Å². The van der Waals surface area contributed by atoms with E-state index in [1.54, 1.807) is 0 Å². The van der Waals surface area contributed by atoms with Crippen molar-refractivity contribution in [1.29, 1.82) is 0 Å². The number of aromatic nitrogens is 2. The molecule has 0 amide bonds. The predicted octanol–water partition coefficient (Wildman–Crippen LogP) is 1.23.